The fraction of sp³-hybridized carbons (Fsp3) is 0.833. The fourth-order valence-electron chi connectivity index (χ4n) is 2.43. The number of hydrogen-bond acceptors (Lipinski definition) is 4. The summed E-state index contributed by atoms with van der Waals surface area (Å²) in [5.74, 6) is -1.47. The first-order valence-electron chi connectivity index (χ1n) is 6.42. The van der Waals surface area contributed by atoms with Crippen LogP contribution in [0.5, 0.6) is 0 Å². The molecule has 0 radical (unpaired) electrons. The second-order valence-corrected chi connectivity index (χ2v) is 4.87. The Labute approximate surface area is 107 Å². The van der Waals surface area contributed by atoms with Crippen molar-refractivity contribution in [1.29, 1.82) is 0 Å². The summed E-state index contributed by atoms with van der Waals surface area (Å²) < 4.78 is 0. The Morgan fingerprint density at radius 2 is 2.22 bits per heavy atom. The van der Waals surface area contributed by atoms with Gasteiger partial charge in [-0.05, 0) is 25.8 Å². The number of nitrogens with one attached hydrogen (secondary N) is 2. The summed E-state index contributed by atoms with van der Waals surface area (Å²) in [5.41, 5.74) is -0.453. The zero-order valence-corrected chi connectivity index (χ0v) is 10.7. The molecule has 1 saturated heterocycles. The van der Waals surface area contributed by atoms with Crippen LogP contribution in [0, 0.1) is 5.41 Å². The van der Waals surface area contributed by atoms with Crippen LogP contribution in [0.25, 0.3) is 0 Å². The summed E-state index contributed by atoms with van der Waals surface area (Å²) in [6, 6.07) is 0. The van der Waals surface area contributed by atoms with Crippen molar-refractivity contribution in [2.45, 2.75) is 38.7 Å². The number of aliphatic hydroxyl groups excluding tert-OH is 1. The predicted octanol–water partition coefficient (Wildman–Crippen LogP) is -0.282. The lowest BCUT2D eigenvalue weighted by molar-refractivity contribution is -0.146. The third kappa shape index (κ3) is 3.68. The van der Waals surface area contributed by atoms with E-state index >= 15 is 0 Å². The van der Waals surface area contributed by atoms with Crippen LogP contribution < -0.4 is 10.6 Å². The van der Waals surface area contributed by atoms with E-state index in [9.17, 15) is 9.59 Å². The molecule has 1 fully saturated rings. The summed E-state index contributed by atoms with van der Waals surface area (Å²) >= 11 is 0. The standard InChI is InChI=1S/C12H22N2O4/c1-2-4-12(5-3-6-13-8-12)11(18)14-7-9(15)10(16)17/h9,13,15H,2-8H2,1H3,(H,14,18)(H,16,17). The Hall–Kier alpha value is -1.14. The van der Waals surface area contributed by atoms with Gasteiger partial charge in [-0.15, -0.1) is 0 Å². The zero-order chi connectivity index (χ0) is 13.6. The Morgan fingerprint density at radius 3 is 2.72 bits per heavy atom. The Kier molecular flexibility index (Phi) is 5.55. The molecule has 0 spiro atoms. The monoisotopic (exact) mass is 258 g/mol. The molecule has 0 aliphatic carbocycles. The van der Waals surface area contributed by atoms with Crippen molar-refractivity contribution in [2.24, 2.45) is 5.41 Å². The predicted molar refractivity (Wildman–Crippen MR) is 66.1 cm³/mol. The summed E-state index contributed by atoms with van der Waals surface area (Å²) in [7, 11) is 0. The van der Waals surface area contributed by atoms with E-state index in [1.165, 1.54) is 0 Å². The van der Waals surface area contributed by atoms with Crippen LogP contribution in [0.4, 0.5) is 0 Å². The maximum absolute atomic E-state index is 12.2. The minimum Gasteiger partial charge on any atom is -0.479 e. The number of hydrogen-bond donors (Lipinski definition) is 4. The van der Waals surface area contributed by atoms with Gasteiger partial charge in [-0.1, -0.05) is 13.3 Å². The highest BCUT2D eigenvalue weighted by Gasteiger charge is 2.38. The molecule has 0 aromatic heterocycles. The second-order valence-electron chi connectivity index (χ2n) is 4.87. The number of aliphatic carboxylic acids is 1. The lowest BCUT2D eigenvalue weighted by Crippen LogP contribution is -2.52. The fourth-order valence-corrected chi connectivity index (χ4v) is 2.43. The maximum atomic E-state index is 12.2. The summed E-state index contributed by atoms with van der Waals surface area (Å²) in [5, 5.41) is 23.5. The van der Waals surface area contributed by atoms with Crippen LogP contribution in [0.1, 0.15) is 32.6 Å². The van der Waals surface area contributed by atoms with E-state index in [-0.39, 0.29) is 12.5 Å². The second kappa shape index (κ2) is 6.70. The van der Waals surface area contributed by atoms with Crippen molar-refractivity contribution in [3.63, 3.8) is 0 Å². The first-order valence-corrected chi connectivity index (χ1v) is 6.42. The molecular formula is C12H22N2O4. The lowest BCUT2D eigenvalue weighted by Gasteiger charge is -2.36. The van der Waals surface area contributed by atoms with Gasteiger partial charge in [0, 0.05) is 6.54 Å². The number of aliphatic hydroxyl groups is 1. The maximum Gasteiger partial charge on any atom is 0.334 e. The first-order chi connectivity index (χ1) is 8.52. The zero-order valence-electron chi connectivity index (χ0n) is 10.7. The van der Waals surface area contributed by atoms with Gasteiger partial charge in [0.1, 0.15) is 0 Å². The van der Waals surface area contributed by atoms with Gasteiger partial charge < -0.3 is 20.8 Å². The van der Waals surface area contributed by atoms with Gasteiger partial charge in [-0.25, -0.2) is 4.79 Å². The molecule has 6 nitrogen and oxygen atoms in total. The van der Waals surface area contributed by atoms with Crippen LogP contribution in [0.15, 0.2) is 0 Å². The molecule has 0 saturated carbocycles. The number of amides is 1. The van der Waals surface area contributed by atoms with Gasteiger partial charge in [-0.2, -0.15) is 0 Å². The van der Waals surface area contributed by atoms with Crippen molar-refractivity contribution in [3.8, 4) is 0 Å². The summed E-state index contributed by atoms with van der Waals surface area (Å²) in [6.07, 6.45) is 1.88. The molecule has 2 atom stereocenters. The number of carboxylic acid groups (broad SMARTS) is 1. The van der Waals surface area contributed by atoms with Crippen molar-refractivity contribution < 1.29 is 19.8 Å². The molecule has 0 aromatic rings. The van der Waals surface area contributed by atoms with Crippen LogP contribution in [-0.4, -0.2) is 47.8 Å². The number of carboxylic acids is 1. The smallest absolute Gasteiger partial charge is 0.334 e. The van der Waals surface area contributed by atoms with E-state index in [1.807, 2.05) is 6.92 Å². The molecule has 4 N–H and O–H groups in total. The van der Waals surface area contributed by atoms with Gasteiger partial charge in [-0.3, -0.25) is 4.79 Å². The molecule has 1 amide bonds. The largest absolute Gasteiger partial charge is 0.479 e. The van der Waals surface area contributed by atoms with E-state index in [2.05, 4.69) is 10.6 Å². The number of piperidine rings is 1. The molecular weight excluding hydrogens is 236 g/mol. The van der Waals surface area contributed by atoms with Crippen LogP contribution in [-0.2, 0) is 9.59 Å². The molecule has 6 heteroatoms. The van der Waals surface area contributed by atoms with Crippen LogP contribution in [0.3, 0.4) is 0 Å². The van der Waals surface area contributed by atoms with Crippen molar-refractivity contribution in [1.82, 2.24) is 10.6 Å². The normalized spacial score (nSPS) is 25.4. The lowest BCUT2D eigenvalue weighted by atomic mass is 9.76. The van der Waals surface area contributed by atoms with E-state index in [0.717, 1.165) is 32.2 Å². The quantitative estimate of drug-likeness (QED) is 0.525. The van der Waals surface area contributed by atoms with Gasteiger partial charge in [0.15, 0.2) is 6.10 Å². The van der Waals surface area contributed by atoms with E-state index in [4.69, 9.17) is 10.2 Å². The number of carbonyl (C=O) groups is 2. The summed E-state index contributed by atoms with van der Waals surface area (Å²) in [6.45, 7) is 3.32. The van der Waals surface area contributed by atoms with E-state index in [1.54, 1.807) is 0 Å². The number of carbonyl (C=O) groups excluding carboxylic acids is 1. The molecule has 1 aliphatic heterocycles. The van der Waals surface area contributed by atoms with Gasteiger partial charge in [0.2, 0.25) is 5.91 Å². The Bertz CT molecular complexity index is 295. The molecule has 104 valence electrons. The molecule has 1 heterocycles. The van der Waals surface area contributed by atoms with Crippen molar-refractivity contribution >= 4 is 11.9 Å². The van der Waals surface area contributed by atoms with Gasteiger partial charge in [0.25, 0.3) is 0 Å². The number of rotatable bonds is 6. The van der Waals surface area contributed by atoms with Crippen LogP contribution >= 0.6 is 0 Å². The third-order valence-electron chi connectivity index (χ3n) is 3.42. The molecule has 1 rings (SSSR count). The molecule has 1 aliphatic rings. The Balaban J connectivity index is 2.57. The first kappa shape index (κ1) is 14.9. The van der Waals surface area contributed by atoms with Gasteiger partial charge >= 0.3 is 5.97 Å². The average Bonchev–Trinajstić information content (AvgIpc) is 2.36. The molecule has 0 aromatic carbocycles. The highest BCUT2D eigenvalue weighted by Crippen LogP contribution is 2.31. The average molecular weight is 258 g/mol. The highest BCUT2D eigenvalue weighted by molar-refractivity contribution is 5.83. The van der Waals surface area contributed by atoms with Crippen molar-refractivity contribution in [2.75, 3.05) is 19.6 Å². The Morgan fingerprint density at radius 1 is 1.50 bits per heavy atom. The minimum absolute atomic E-state index is 0.156. The topological polar surface area (TPSA) is 98.7 Å². The molecule has 0 bridgehead atoms. The third-order valence-corrected chi connectivity index (χ3v) is 3.42. The molecule has 2 unspecified atom stereocenters. The van der Waals surface area contributed by atoms with Crippen molar-refractivity contribution in [3.05, 3.63) is 0 Å². The van der Waals surface area contributed by atoms with Crippen LogP contribution in [0.2, 0.25) is 0 Å². The SMILES string of the molecule is CCCC1(C(=O)NCC(O)C(=O)O)CCCNC1. The summed E-state index contributed by atoms with van der Waals surface area (Å²) in [4.78, 5) is 22.7. The van der Waals surface area contributed by atoms with E-state index < -0.39 is 17.5 Å². The minimum atomic E-state index is -1.54. The van der Waals surface area contributed by atoms with E-state index in [0.29, 0.717) is 6.54 Å². The molecule has 18 heavy (non-hydrogen) atoms. The highest BCUT2D eigenvalue weighted by atomic mass is 16.4. The van der Waals surface area contributed by atoms with Gasteiger partial charge in [0.05, 0.1) is 12.0 Å².